The predicted octanol–water partition coefficient (Wildman–Crippen LogP) is 9.62. The van der Waals surface area contributed by atoms with Crippen molar-refractivity contribution < 1.29 is 0 Å². The molecule has 0 fully saturated rings. The minimum absolute atomic E-state index is 0.0428. The van der Waals surface area contributed by atoms with Crippen LogP contribution in [0.25, 0.3) is 54.5 Å². The first-order valence-electron chi connectivity index (χ1n) is 16.0. The van der Waals surface area contributed by atoms with Crippen molar-refractivity contribution in [3.63, 3.8) is 0 Å². The van der Waals surface area contributed by atoms with E-state index >= 15 is 0 Å². The normalized spacial score (nSPS) is 19.3. The molecule has 5 aromatic carbocycles. The fraction of sp³-hybridized carbons (Fsp3) is 0.119. The zero-order valence-corrected chi connectivity index (χ0v) is 25.6. The Hall–Kier alpha value is -5.61. The van der Waals surface area contributed by atoms with Crippen molar-refractivity contribution in [1.82, 2.24) is 9.55 Å². The van der Waals surface area contributed by atoms with Crippen LogP contribution in [-0.4, -0.2) is 27.3 Å². The molecule has 7 aromatic rings. The average Bonchev–Trinajstić information content (AvgIpc) is 3.44. The molecule has 1 aliphatic heterocycles. The number of aromatic nitrogens is 2. The molecule has 0 bridgehead atoms. The van der Waals surface area contributed by atoms with Crippen LogP contribution in [0.1, 0.15) is 30.7 Å². The lowest BCUT2D eigenvalue weighted by Gasteiger charge is -2.34. The van der Waals surface area contributed by atoms with E-state index in [4.69, 9.17) is 15.0 Å². The highest BCUT2D eigenvalue weighted by Gasteiger charge is 2.36. The van der Waals surface area contributed by atoms with Gasteiger partial charge in [-0.25, -0.2) is 9.98 Å². The first kappa shape index (κ1) is 25.7. The number of fused-ring (bicyclic) bond motifs is 8. The highest BCUT2D eigenvalue weighted by Crippen LogP contribution is 2.50. The summed E-state index contributed by atoms with van der Waals surface area (Å²) in [4.78, 5) is 15.9. The van der Waals surface area contributed by atoms with Gasteiger partial charge in [0, 0.05) is 39.3 Å². The summed E-state index contributed by atoms with van der Waals surface area (Å²) in [5.41, 5.74) is 9.14. The Kier molecular flexibility index (Phi) is 5.14. The summed E-state index contributed by atoms with van der Waals surface area (Å²) >= 11 is 0. The minimum Gasteiger partial charge on any atom is -0.278 e. The highest BCUT2D eigenvalue weighted by atomic mass is 15.2. The van der Waals surface area contributed by atoms with Crippen LogP contribution in [0.5, 0.6) is 0 Å². The molecule has 0 spiro atoms. The van der Waals surface area contributed by atoms with Crippen LogP contribution in [0, 0.1) is 5.92 Å². The van der Waals surface area contributed by atoms with Crippen molar-refractivity contribution >= 4 is 55.0 Å². The number of para-hydroxylation sites is 1. The maximum atomic E-state index is 5.50. The monoisotopic (exact) mass is 590 g/mol. The third-order valence-corrected chi connectivity index (χ3v) is 10.3. The number of allylic oxidation sites excluding steroid dienone is 2. The molecule has 0 N–H and O–H groups in total. The molecule has 0 radical (unpaired) electrons. The standard InChI is InChI=1S/C42H30N4/c1-42(2)33-19-8-5-15-27(33)32-24-36-37(31-22-23-43-40(42)38(31)32)30-17-7-10-21-35(30)46(36)41-44-34-20-9-6-16-29(34)39(45-41)28-18-11-13-25-12-3-4-14-26(25)28/h3-24,29,34H,1-2H3. The van der Waals surface area contributed by atoms with Gasteiger partial charge in [-0.2, -0.15) is 0 Å². The lowest BCUT2D eigenvalue weighted by Crippen LogP contribution is -2.33. The maximum absolute atomic E-state index is 5.50. The average molecular weight is 591 g/mol. The second kappa shape index (κ2) is 9.21. The van der Waals surface area contributed by atoms with E-state index < -0.39 is 0 Å². The van der Waals surface area contributed by atoms with Crippen LogP contribution < -0.4 is 0 Å². The molecule has 46 heavy (non-hydrogen) atoms. The molecular formula is C42H30N4. The molecule has 4 heteroatoms. The van der Waals surface area contributed by atoms with Crippen LogP contribution in [0.15, 0.2) is 144 Å². The van der Waals surface area contributed by atoms with E-state index in [9.17, 15) is 0 Å². The fourth-order valence-corrected chi connectivity index (χ4v) is 8.24. The van der Waals surface area contributed by atoms with Crippen LogP contribution in [0.2, 0.25) is 0 Å². The van der Waals surface area contributed by atoms with Gasteiger partial charge in [0.1, 0.15) is 0 Å². The Bertz CT molecular complexity index is 2570. The van der Waals surface area contributed by atoms with Gasteiger partial charge in [0.15, 0.2) is 0 Å². The van der Waals surface area contributed by atoms with E-state index in [0.29, 0.717) is 0 Å². The number of benzene rings is 5. The summed E-state index contributed by atoms with van der Waals surface area (Å²) < 4.78 is 2.30. The number of hydrogen-bond donors (Lipinski definition) is 0. The Balaban J connectivity index is 1.32. The SMILES string of the molecule is CC1(C)c2ccccc2-c2cc3c(c4ccnc1c24)c1ccccc1n3C1=NC2C=CC=CC2C(c2cccc3ccccc23)=N1. The van der Waals surface area contributed by atoms with E-state index in [0.717, 1.165) is 34.0 Å². The minimum atomic E-state index is -0.212. The number of rotatable bonds is 1. The van der Waals surface area contributed by atoms with Gasteiger partial charge in [0.2, 0.25) is 5.96 Å². The first-order chi connectivity index (χ1) is 22.6. The largest absolute Gasteiger partial charge is 0.278 e. The topological polar surface area (TPSA) is 42.5 Å². The zero-order valence-electron chi connectivity index (χ0n) is 25.6. The summed E-state index contributed by atoms with van der Waals surface area (Å²) in [7, 11) is 0. The van der Waals surface area contributed by atoms with Gasteiger partial charge in [0.25, 0.3) is 0 Å². The van der Waals surface area contributed by atoms with Crippen molar-refractivity contribution in [2.24, 2.45) is 15.9 Å². The molecule has 2 atom stereocenters. The van der Waals surface area contributed by atoms with Gasteiger partial charge < -0.3 is 0 Å². The van der Waals surface area contributed by atoms with Crippen LogP contribution in [-0.2, 0) is 5.41 Å². The van der Waals surface area contributed by atoms with Gasteiger partial charge >= 0.3 is 0 Å². The number of nitrogens with zero attached hydrogens (tertiary/aromatic N) is 4. The highest BCUT2D eigenvalue weighted by molar-refractivity contribution is 6.28. The summed E-state index contributed by atoms with van der Waals surface area (Å²) in [5.74, 6) is 0.790. The van der Waals surface area contributed by atoms with Crippen LogP contribution in [0.4, 0.5) is 0 Å². The Morgan fingerprint density at radius 3 is 2.35 bits per heavy atom. The van der Waals surface area contributed by atoms with E-state index in [-0.39, 0.29) is 17.4 Å². The van der Waals surface area contributed by atoms with Gasteiger partial charge in [-0.1, -0.05) is 123 Å². The molecular weight excluding hydrogens is 560 g/mol. The van der Waals surface area contributed by atoms with Crippen molar-refractivity contribution in [3.8, 4) is 11.1 Å². The predicted molar refractivity (Wildman–Crippen MR) is 191 cm³/mol. The van der Waals surface area contributed by atoms with Gasteiger partial charge in [-0.3, -0.25) is 9.55 Å². The fourth-order valence-electron chi connectivity index (χ4n) is 8.24. The van der Waals surface area contributed by atoms with E-state index in [2.05, 4.69) is 146 Å². The molecule has 4 nitrogen and oxygen atoms in total. The Morgan fingerprint density at radius 2 is 1.41 bits per heavy atom. The summed E-state index contributed by atoms with van der Waals surface area (Å²) in [6.45, 7) is 4.60. The maximum Gasteiger partial charge on any atom is 0.230 e. The Labute approximate surface area is 266 Å². The second-order valence-electron chi connectivity index (χ2n) is 13.2. The summed E-state index contributed by atoms with van der Waals surface area (Å²) in [6, 6.07) is 37.2. The number of hydrogen-bond acceptors (Lipinski definition) is 3. The van der Waals surface area contributed by atoms with Crippen molar-refractivity contribution in [3.05, 3.63) is 150 Å². The number of aliphatic imine (C=N–C) groups is 2. The summed E-state index contributed by atoms with van der Waals surface area (Å²) in [6.07, 6.45) is 10.7. The lowest BCUT2D eigenvalue weighted by molar-refractivity contribution is 0.622. The molecule has 2 aromatic heterocycles. The number of pyridine rings is 1. The second-order valence-corrected chi connectivity index (χ2v) is 13.2. The first-order valence-corrected chi connectivity index (χ1v) is 16.0. The van der Waals surface area contributed by atoms with E-state index in [1.807, 2.05) is 6.20 Å². The zero-order chi connectivity index (χ0) is 30.6. The molecule has 3 heterocycles. The molecule has 0 saturated carbocycles. The smallest absolute Gasteiger partial charge is 0.230 e. The van der Waals surface area contributed by atoms with E-state index in [1.54, 1.807) is 0 Å². The van der Waals surface area contributed by atoms with Gasteiger partial charge in [-0.05, 0) is 51.0 Å². The van der Waals surface area contributed by atoms with Crippen molar-refractivity contribution in [2.45, 2.75) is 25.3 Å². The molecule has 2 aliphatic carbocycles. The molecule has 10 rings (SSSR count). The van der Waals surface area contributed by atoms with Crippen molar-refractivity contribution in [2.75, 3.05) is 0 Å². The lowest BCUT2D eigenvalue weighted by atomic mass is 9.70. The molecule has 0 saturated heterocycles. The molecule has 3 aliphatic rings. The van der Waals surface area contributed by atoms with Crippen LogP contribution >= 0.6 is 0 Å². The third-order valence-electron chi connectivity index (χ3n) is 10.3. The van der Waals surface area contributed by atoms with Crippen LogP contribution in [0.3, 0.4) is 0 Å². The molecule has 218 valence electrons. The third kappa shape index (κ3) is 3.36. The van der Waals surface area contributed by atoms with Gasteiger partial charge in [-0.15, -0.1) is 0 Å². The van der Waals surface area contributed by atoms with Crippen molar-refractivity contribution in [1.29, 1.82) is 0 Å². The van der Waals surface area contributed by atoms with Gasteiger partial charge in [0.05, 0.1) is 28.5 Å². The summed E-state index contributed by atoms with van der Waals surface area (Å²) in [5, 5.41) is 7.31. The Morgan fingerprint density at radius 1 is 0.652 bits per heavy atom. The molecule has 0 amide bonds. The van der Waals surface area contributed by atoms with E-state index in [1.165, 1.54) is 49.0 Å². The quantitative estimate of drug-likeness (QED) is 0.188. The molecule has 2 unspecified atom stereocenters.